The highest BCUT2D eigenvalue weighted by molar-refractivity contribution is 6.12. The van der Waals surface area contributed by atoms with Crippen LogP contribution in [0.3, 0.4) is 0 Å². The molecule has 1 unspecified atom stereocenters. The standard InChI is InChI=1S/C53H32N4O/c1-3-14-35(15-4-1)45-30-46(57-52(56-45)48-32-54-47(31-55-48)36-16-5-2-6-17-36)37-26-25-34-24-23-33-13-7-10-20-41(33)53(44(34)29-37)42-21-11-8-19-40(42)50-43(53)28-27-39-38-18-9-12-22-49(38)58-51(39)50/h1-32H. The molecule has 0 fully saturated rings. The van der Waals surface area contributed by atoms with E-state index in [9.17, 15) is 0 Å². The maximum atomic E-state index is 6.79. The fourth-order valence-electron chi connectivity index (χ4n) is 9.28. The van der Waals surface area contributed by atoms with E-state index >= 15 is 0 Å². The summed E-state index contributed by atoms with van der Waals surface area (Å²) in [5, 5.41) is 2.24. The van der Waals surface area contributed by atoms with E-state index in [1.807, 2.05) is 54.6 Å². The van der Waals surface area contributed by atoms with Gasteiger partial charge < -0.3 is 4.42 Å². The Labute approximate surface area is 334 Å². The highest BCUT2D eigenvalue weighted by atomic mass is 16.3. The Kier molecular flexibility index (Phi) is 7.07. The second-order valence-corrected chi connectivity index (χ2v) is 15.0. The van der Waals surface area contributed by atoms with E-state index in [2.05, 4.69) is 127 Å². The van der Waals surface area contributed by atoms with Crippen LogP contribution in [0.1, 0.15) is 33.4 Å². The predicted octanol–water partition coefficient (Wildman–Crippen LogP) is 12.7. The third kappa shape index (κ3) is 4.77. The molecule has 0 saturated carbocycles. The first-order chi connectivity index (χ1) is 28.7. The molecule has 3 heterocycles. The van der Waals surface area contributed by atoms with Crippen molar-refractivity contribution in [3.63, 3.8) is 0 Å². The molecule has 12 rings (SSSR count). The molecular weight excluding hydrogens is 709 g/mol. The summed E-state index contributed by atoms with van der Waals surface area (Å²) in [7, 11) is 0. The minimum atomic E-state index is -0.651. The minimum absolute atomic E-state index is 0.516. The van der Waals surface area contributed by atoms with E-state index < -0.39 is 5.41 Å². The molecule has 5 nitrogen and oxygen atoms in total. The van der Waals surface area contributed by atoms with Gasteiger partial charge in [-0.3, -0.25) is 4.98 Å². The molecule has 0 N–H and O–H groups in total. The zero-order valence-electron chi connectivity index (χ0n) is 31.2. The van der Waals surface area contributed by atoms with Gasteiger partial charge in [0.2, 0.25) is 0 Å². The van der Waals surface area contributed by atoms with Crippen molar-refractivity contribution in [1.82, 2.24) is 19.9 Å². The molecular formula is C53H32N4O. The number of rotatable bonds is 4. The molecule has 0 bridgehead atoms. The SMILES string of the molecule is C1=Cc2ccc(-c3cc(-c4ccccc4)nc(-c4cnc(-c5ccccc5)cn4)n3)cc2C2(c3ccccc31)c1ccccc1-c1c2ccc2c1oc1ccccc12. The summed E-state index contributed by atoms with van der Waals surface area (Å²) < 4.78 is 6.79. The third-order valence-electron chi connectivity index (χ3n) is 11.9. The first kappa shape index (κ1) is 32.5. The van der Waals surface area contributed by atoms with Crippen molar-refractivity contribution in [3.8, 4) is 56.4 Å². The van der Waals surface area contributed by atoms with E-state index in [-0.39, 0.29) is 0 Å². The van der Waals surface area contributed by atoms with Crippen LogP contribution in [-0.4, -0.2) is 19.9 Å². The minimum Gasteiger partial charge on any atom is -0.455 e. The van der Waals surface area contributed by atoms with Crippen molar-refractivity contribution in [1.29, 1.82) is 0 Å². The predicted molar refractivity (Wildman–Crippen MR) is 233 cm³/mol. The van der Waals surface area contributed by atoms with Crippen molar-refractivity contribution in [3.05, 3.63) is 216 Å². The van der Waals surface area contributed by atoms with Crippen LogP contribution in [0.25, 0.3) is 90.5 Å². The molecule has 5 heteroatoms. The van der Waals surface area contributed by atoms with Gasteiger partial charge >= 0.3 is 0 Å². The van der Waals surface area contributed by atoms with Crippen molar-refractivity contribution in [2.75, 3.05) is 0 Å². The van der Waals surface area contributed by atoms with Crippen molar-refractivity contribution in [2.45, 2.75) is 5.41 Å². The Balaban J connectivity index is 1.11. The molecule has 0 saturated heterocycles. The van der Waals surface area contributed by atoms with Gasteiger partial charge in [-0.2, -0.15) is 0 Å². The van der Waals surface area contributed by atoms with Crippen LogP contribution in [0.4, 0.5) is 0 Å². The van der Waals surface area contributed by atoms with Crippen molar-refractivity contribution < 1.29 is 4.42 Å². The highest BCUT2D eigenvalue weighted by Gasteiger charge is 2.49. The van der Waals surface area contributed by atoms with E-state index in [1.54, 1.807) is 12.4 Å². The summed E-state index contributed by atoms with van der Waals surface area (Å²) in [5.74, 6) is 0.516. The second kappa shape index (κ2) is 12.6. The topological polar surface area (TPSA) is 64.7 Å². The van der Waals surface area contributed by atoms with Crippen LogP contribution in [0, 0.1) is 0 Å². The summed E-state index contributed by atoms with van der Waals surface area (Å²) in [6, 6.07) is 59.8. The van der Waals surface area contributed by atoms with E-state index in [1.165, 1.54) is 33.4 Å². The highest BCUT2D eigenvalue weighted by Crippen LogP contribution is 2.60. The van der Waals surface area contributed by atoms with Gasteiger partial charge in [0.05, 0.1) is 34.9 Å². The number of fused-ring (bicyclic) bond motifs is 13. The second-order valence-electron chi connectivity index (χ2n) is 15.0. The Hall–Kier alpha value is -7.76. The van der Waals surface area contributed by atoms with E-state index in [4.69, 9.17) is 24.4 Å². The van der Waals surface area contributed by atoms with Crippen LogP contribution in [0.2, 0.25) is 0 Å². The van der Waals surface area contributed by atoms with Crippen LogP contribution >= 0.6 is 0 Å². The van der Waals surface area contributed by atoms with Crippen molar-refractivity contribution >= 4 is 34.1 Å². The summed E-state index contributed by atoms with van der Waals surface area (Å²) in [6.07, 6.45) is 8.09. The molecule has 0 radical (unpaired) electrons. The molecule has 0 aliphatic heterocycles. The molecule has 3 aromatic heterocycles. The number of nitrogens with zero attached hydrogens (tertiary/aromatic N) is 4. The molecule has 2 aliphatic carbocycles. The van der Waals surface area contributed by atoms with Gasteiger partial charge in [0.25, 0.3) is 0 Å². The number of hydrogen-bond acceptors (Lipinski definition) is 5. The molecule has 7 aromatic carbocycles. The smallest absolute Gasteiger partial charge is 0.180 e. The third-order valence-corrected chi connectivity index (χ3v) is 11.9. The monoisotopic (exact) mass is 740 g/mol. The Morgan fingerprint density at radius 3 is 1.84 bits per heavy atom. The zero-order valence-corrected chi connectivity index (χ0v) is 31.2. The first-order valence-electron chi connectivity index (χ1n) is 19.5. The number of hydrogen-bond donors (Lipinski definition) is 0. The maximum absolute atomic E-state index is 6.79. The van der Waals surface area contributed by atoms with Gasteiger partial charge in [-0.15, -0.1) is 0 Å². The van der Waals surface area contributed by atoms with Gasteiger partial charge in [-0.05, 0) is 57.1 Å². The zero-order chi connectivity index (χ0) is 38.2. The number of furan rings is 1. The quantitative estimate of drug-likeness (QED) is 0.180. The van der Waals surface area contributed by atoms with E-state index in [0.29, 0.717) is 11.5 Å². The summed E-state index contributed by atoms with van der Waals surface area (Å²) in [4.78, 5) is 20.0. The summed E-state index contributed by atoms with van der Waals surface area (Å²) in [6.45, 7) is 0. The Bertz CT molecular complexity index is 3280. The van der Waals surface area contributed by atoms with Gasteiger partial charge in [0.15, 0.2) is 5.82 Å². The average Bonchev–Trinajstić information content (AvgIpc) is 3.78. The first-order valence-corrected chi connectivity index (χ1v) is 19.5. The lowest BCUT2D eigenvalue weighted by Gasteiger charge is -2.35. The summed E-state index contributed by atoms with van der Waals surface area (Å²) >= 11 is 0. The Morgan fingerprint density at radius 2 is 1.05 bits per heavy atom. The molecule has 58 heavy (non-hydrogen) atoms. The van der Waals surface area contributed by atoms with Crippen molar-refractivity contribution in [2.24, 2.45) is 0 Å². The van der Waals surface area contributed by atoms with E-state index in [0.717, 1.165) is 66.8 Å². The number of benzene rings is 7. The molecule has 0 amide bonds. The van der Waals surface area contributed by atoms with Gasteiger partial charge in [-0.1, -0.05) is 164 Å². The normalized spacial score (nSPS) is 14.9. The molecule has 270 valence electrons. The molecule has 2 aliphatic rings. The lowest BCUT2D eigenvalue weighted by Crippen LogP contribution is -2.30. The van der Waals surface area contributed by atoms with Crippen LogP contribution in [0.15, 0.2) is 187 Å². The molecule has 1 atom stereocenters. The fourth-order valence-corrected chi connectivity index (χ4v) is 9.28. The number of para-hydroxylation sites is 1. The van der Waals surface area contributed by atoms with Crippen LogP contribution in [0.5, 0.6) is 0 Å². The maximum Gasteiger partial charge on any atom is 0.180 e. The fraction of sp³-hybridized carbons (Fsp3) is 0.0189. The summed E-state index contributed by atoms with van der Waals surface area (Å²) in [5.41, 5.74) is 16.7. The largest absolute Gasteiger partial charge is 0.455 e. The van der Waals surface area contributed by atoms with Gasteiger partial charge in [0.1, 0.15) is 16.9 Å². The molecule has 10 aromatic rings. The van der Waals surface area contributed by atoms with Crippen LogP contribution in [-0.2, 0) is 5.41 Å². The van der Waals surface area contributed by atoms with Gasteiger partial charge in [0, 0.05) is 33.0 Å². The van der Waals surface area contributed by atoms with Crippen LogP contribution < -0.4 is 0 Å². The number of aromatic nitrogens is 4. The lowest BCUT2D eigenvalue weighted by molar-refractivity contribution is 0.669. The molecule has 1 spiro atoms. The van der Waals surface area contributed by atoms with Gasteiger partial charge in [-0.25, -0.2) is 15.0 Å². The average molecular weight is 741 g/mol. The lowest BCUT2D eigenvalue weighted by atomic mass is 9.65. The Morgan fingerprint density at radius 1 is 0.414 bits per heavy atom.